The zero-order valence-electron chi connectivity index (χ0n) is 11.1. The monoisotopic (exact) mass is 333 g/mol. The average Bonchev–Trinajstić information content (AvgIpc) is 2.54. The van der Waals surface area contributed by atoms with Gasteiger partial charge in [-0.25, -0.2) is 15.0 Å². The first-order valence-electron chi connectivity index (χ1n) is 6.24. The highest BCUT2D eigenvalue weighted by Crippen LogP contribution is 2.33. The van der Waals surface area contributed by atoms with E-state index in [9.17, 15) is 0 Å². The maximum Gasteiger partial charge on any atom is 0.322 e. The van der Waals surface area contributed by atoms with Crippen molar-refractivity contribution in [2.45, 2.75) is 0 Å². The van der Waals surface area contributed by atoms with Gasteiger partial charge in [-0.3, -0.25) is 0 Å². The third-order valence-electron chi connectivity index (χ3n) is 2.56. The molecule has 22 heavy (non-hydrogen) atoms. The molecule has 3 aromatic rings. The largest absolute Gasteiger partial charge is 0.435 e. The van der Waals surface area contributed by atoms with Crippen molar-refractivity contribution in [1.29, 1.82) is 0 Å². The Morgan fingerprint density at radius 2 is 1.32 bits per heavy atom. The molecule has 0 N–H and O–H groups in total. The molecular weight excluding hydrogens is 325 g/mol. The summed E-state index contributed by atoms with van der Waals surface area (Å²) in [5.74, 6) is 1.34. The number of benzene rings is 1. The fourth-order valence-corrected chi connectivity index (χ4v) is 1.81. The molecule has 110 valence electrons. The number of aromatic nitrogens is 3. The van der Waals surface area contributed by atoms with Crippen molar-refractivity contribution in [3.63, 3.8) is 0 Å². The van der Waals surface area contributed by atoms with Gasteiger partial charge in [-0.05, 0) is 18.2 Å². The summed E-state index contributed by atoms with van der Waals surface area (Å²) in [6, 6.07) is 10.6. The van der Waals surface area contributed by atoms with Gasteiger partial charge in [0.25, 0.3) is 0 Å². The van der Waals surface area contributed by atoms with E-state index in [1.165, 1.54) is 18.6 Å². The maximum atomic E-state index is 5.80. The molecule has 1 aromatic carbocycles. The first-order chi connectivity index (χ1) is 10.7. The summed E-state index contributed by atoms with van der Waals surface area (Å²) in [6.45, 7) is 0. The summed E-state index contributed by atoms with van der Waals surface area (Å²) in [7, 11) is 0. The van der Waals surface area contributed by atoms with E-state index in [2.05, 4.69) is 15.0 Å². The minimum atomic E-state index is 0.171. The first kappa shape index (κ1) is 14.6. The Morgan fingerprint density at radius 1 is 0.682 bits per heavy atom. The molecule has 0 fully saturated rings. The van der Waals surface area contributed by atoms with E-state index in [1.807, 2.05) is 12.1 Å². The van der Waals surface area contributed by atoms with Crippen molar-refractivity contribution >= 4 is 23.2 Å². The van der Waals surface area contributed by atoms with Crippen LogP contribution in [0.4, 0.5) is 0 Å². The van der Waals surface area contributed by atoms with Crippen LogP contribution in [-0.4, -0.2) is 15.0 Å². The smallest absolute Gasteiger partial charge is 0.322 e. The van der Waals surface area contributed by atoms with Crippen LogP contribution in [0.5, 0.6) is 23.4 Å². The summed E-state index contributed by atoms with van der Waals surface area (Å²) in [4.78, 5) is 12.0. The first-order valence-corrected chi connectivity index (χ1v) is 7.00. The Balaban J connectivity index is 1.83. The second kappa shape index (κ2) is 6.60. The van der Waals surface area contributed by atoms with Gasteiger partial charge >= 0.3 is 6.01 Å². The number of para-hydroxylation sites is 2. The highest BCUT2D eigenvalue weighted by atomic mass is 35.5. The fourth-order valence-electron chi connectivity index (χ4n) is 1.61. The molecule has 0 unspecified atom stereocenters. The highest BCUT2D eigenvalue weighted by Gasteiger charge is 2.09. The summed E-state index contributed by atoms with van der Waals surface area (Å²) in [6.07, 6.45) is 4.41. The van der Waals surface area contributed by atoms with Crippen molar-refractivity contribution in [3.05, 3.63) is 65.0 Å². The summed E-state index contributed by atoms with van der Waals surface area (Å²) in [5, 5.41) is 0.966. The molecule has 0 spiro atoms. The second-order valence-corrected chi connectivity index (χ2v) is 5.02. The minimum absolute atomic E-state index is 0.171. The molecule has 0 saturated heterocycles. The van der Waals surface area contributed by atoms with Crippen LogP contribution in [0.3, 0.4) is 0 Å². The lowest BCUT2D eigenvalue weighted by Crippen LogP contribution is -1.94. The van der Waals surface area contributed by atoms with Crippen molar-refractivity contribution in [2.75, 3.05) is 0 Å². The Bertz CT molecular complexity index is 698. The lowest BCUT2D eigenvalue weighted by Gasteiger charge is -2.10. The van der Waals surface area contributed by atoms with Gasteiger partial charge in [-0.1, -0.05) is 35.3 Å². The van der Waals surface area contributed by atoms with E-state index in [1.54, 1.807) is 24.3 Å². The van der Waals surface area contributed by atoms with Gasteiger partial charge in [0.05, 0.1) is 22.4 Å². The molecular formula is C15H9Cl2N3O2. The third kappa shape index (κ3) is 3.63. The Hall–Kier alpha value is -2.37. The number of hydrogen-bond acceptors (Lipinski definition) is 5. The average molecular weight is 334 g/mol. The van der Waals surface area contributed by atoms with Crippen LogP contribution in [0.25, 0.3) is 0 Å². The van der Waals surface area contributed by atoms with E-state index in [0.717, 1.165) is 0 Å². The molecule has 2 heterocycles. The van der Waals surface area contributed by atoms with E-state index in [4.69, 9.17) is 32.7 Å². The lowest BCUT2D eigenvalue weighted by atomic mass is 10.3. The molecule has 5 nitrogen and oxygen atoms in total. The summed E-state index contributed by atoms with van der Waals surface area (Å²) >= 11 is 11.5. The van der Waals surface area contributed by atoms with E-state index in [-0.39, 0.29) is 6.01 Å². The van der Waals surface area contributed by atoms with Gasteiger partial charge in [0, 0.05) is 12.3 Å². The van der Waals surface area contributed by atoms with Crippen LogP contribution in [0.1, 0.15) is 0 Å². The van der Waals surface area contributed by atoms with Crippen LogP contribution in [-0.2, 0) is 0 Å². The zero-order valence-corrected chi connectivity index (χ0v) is 12.6. The van der Waals surface area contributed by atoms with Gasteiger partial charge < -0.3 is 9.47 Å². The van der Waals surface area contributed by atoms with Crippen LogP contribution >= 0.6 is 23.2 Å². The Morgan fingerprint density at radius 3 is 1.95 bits per heavy atom. The van der Waals surface area contributed by atoms with Crippen molar-refractivity contribution < 1.29 is 9.47 Å². The molecule has 2 aromatic heterocycles. The van der Waals surface area contributed by atoms with Crippen molar-refractivity contribution in [1.82, 2.24) is 15.0 Å². The molecule has 0 aliphatic heterocycles. The SMILES string of the molecule is Clc1ccc(Oc2ccccc2Oc2ncc(Cl)cn2)nc1. The van der Waals surface area contributed by atoms with E-state index < -0.39 is 0 Å². The molecule has 0 aliphatic rings. The van der Waals surface area contributed by atoms with Gasteiger partial charge in [0.1, 0.15) is 0 Å². The number of pyridine rings is 1. The Labute approximate surface area is 136 Å². The van der Waals surface area contributed by atoms with E-state index >= 15 is 0 Å². The maximum absolute atomic E-state index is 5.80. The quantitative estimate of drug-likeness (QED) is 0.688. The predicted molar refractivity (Wildman–Crippen MR) is 82.9 cm³/mol. The normalized spacial score (nSPS) is 10.3. The van der Waals surface area contributed by atoms with Gasteiger partial charge in [-0.2, -0.15) is 0 Å². The van der Waals surface area contributed by atoms with Gasteiger partial charge in [0.15, 0.2) is 11.5 Å². The standard InChI is InChI=1S/C15H9Cl2N3O2/c16-10-5-6-14(18-7-10)21-12-3-1-2-4-13(12)22-15-19-8-11(17)9-20-15/h1-9H. The summed E-state index contributed by atoms with van der Waals surface area (Å²) in [5.41, 5.74) is 0. The number of nitrogens with zero attached hydrogens (tertiary/aromatic N) is 3. The van der Waals surface area contributed by atoms with Gasteiger partial charge in [-0.15, -0.1) is 0 Å². The van der Waals surface area contributed by atoms with Crippen LogP contribution < -0.4 is 9.47 Å². The molecule has 0 saturated carbocycles. The zero-order chi connectivity index (χ0) is 15.4. The van der Waals surface area contributed by atoms with Crippen molar-refractivity contribution in [3.8, 4) is 23.4 Å². The number of hydrogen-bond donors (Lipinski definition) is 0. The molecule has 0 aliphatic carbocycles. The molecule has 7 heteroatoms. The summed E-state index contributed by atoms with van der Waals surface area (Å²) < 4.78 is 11.3. The van der Waals surface area contributed by atoms with E-state index in [0.29, 0.717) is 27.4 Å². The molecule has 0 radical (unpaired) electrons. The van der Waals surface area contributed by atoms with Crippen LogP contribution in [0.15, 0.2) is 55.0 Å². The second-order valence-electron chi connectivity index (χ2n) is 4.15. The number of halogens is 2. The van der Waals surface area contributed by atoms with Crippen LogP contribution in [0, 0.1) is 0 Å². The van der Waals surface area contributed by atoms with Gasteiger partial charge in [0.2, 0.25) is 5.88 Å². The molecule has 3 rings (SSSR count). The number of rotatable bonds is 4. The minimum Gasteiger partial charge on any atom is -0.435 e. The van der Waals surface area contributed by atoms with Crippen molar-refractivity contribution in [2.24, 2.45) is 0 Å². The molecule has 0 bridgehead atoms. The fraction of sp³-hybridized carbons (Fsp3) is 0. The lowest BCUT2D eigenvalue weighted by molar-refractivity contribution is 0.392. The molecule has 0 atom stereocenters. The molecule has 0 amide bonds. The predicted octanol–water partition coefficient (Wildman–Crippen LogP) is 4.76. The Kier molecular flexibility index (Phi) is 4.37. The topological polar surface area (TPSA) is 57.1 Å². The number of ether oxygens (including phenoxy) is 2. The van der Waals surface area contributed by atoms with Crippen LogP contribution in [0.2, 0.25) is 10.0 Å². The third-order valence-corrected chi connectivity index (χ3v) is 2.98. The highest BCUT2D eigenvalue weighted by molar-refractivity contribution is 6.30.